The Labute approximate surface area is 164 Å². The van der Waals surface area contributed by atoms with E-state index in [0.29, 0.717) is 12.5 Å². The van der Waals surface area contributed by atoms with Gasteiger partial charge in [0.1, 0.15) is 11.6 Å². The SMILES string of the molecule is CCOC(=O)/C=C/c1c(C)nn(C)c1-n1ccc2ccc(OCC3CC3)cc21. The van der Waals surface area contributed by atoms with Crippen LogP contribution in [0.5, 0.6) is 5.75 Å². The van der Waals surface area contributed by atoms with Crippen molar-refractivity contribution in [2.45, 2.75) is 26.7 Å². The number of hydrogen-bond acceptors (Lipinski definition) is 4. The molecule has 3 aromatic rings. The zero-order valence-corrected chi connectivity index (χ0v) is 16.5. The van der Waals surface area contributed by atoms with Crippen LogP contribution in [0.25, 0.3) is 22.8 Å². The molecule has 0 amide bonds. The van der Waals surface area contributed by atoms with Crippen LogP contribution in [0.3, 0.4) is 0 Å². The Morgan fingerprint density at radius 3 is 2.89 bits per heavy atom. The van der Waals surface area contributed by atoms with Crippen molar-refractivity contribution in [2.24, 2.45) is 13.0 Å². The fraction of sp³-hybridized carbons (Fsp3) is 0.364. The third-order valence-corrected chi connectivity index (χ3v) is 4.99. The van der Waals surface area contributed by atoms with Gasteiger partial charge in [0.25, 0.3) is 0 Å². The molecule has 6 nitrogen and oxygen atoms in total. The summed E-state index contributed by atoms with van der Waals surface area (Å²) in [6, 6.07) is 8.23. The first-order chi connectivity index (χ1) is 13.6. The Hall–Kier alpha value is -3.02. The van der Waals surface area contributed by atoms with E-state index in [4.69, 9.17) is 9.47 Å². The van der Waals surface area contributed by atoms with Crippen LogP contribution in [-0.4, -0.2) is 33.5 Å². The lowest BCUT2D eigenvalue weighted by atomic mass is 10.2. The smallest absolute Gasteiger partial charge is 0.330 e. The maximum atomic E-state index is 11.8. The van der Waals surface area contributed by atoms with Crippen molar-refractivity contribution < 1.29 is 14.3 Å². The molecule has 146 valence electrons. The number of nitrogens with zero attached hydrogens (tertiary/aromatic N) is 3. The lowest BCUT2D eigenvalue weighted by Crippen LogP contribution is -2.04. The summed E-state index contributed by atoms with van der Waals surface area (Å²) in [5.41, 5.74) is 2.78. The number of aryl methyl sites for hydroxylation is 2. The van der Waals surface area contributed by atoms with Gasteiger partial charge in [-0.05, 0) is 56.9 Å². The molecule has 2 heterocycles. The lowest BCUT2D eigenvalue weighted by molar-refractivity contribution is -0.137. The summed E-state index contributed by atoms with van der Waals surface area (Å²) < 4.78 is 14.9. The molecule has 0 saturated heterocycles. The van der Waals surface area contributed by atoms with E-state index < -0.39 is 0 Å². The summed E-state index contributed by atoms with van der Waals surface area (Å²) in [5.74, 6) is 2.13. The molecule has 0 spiro atoms. The van der Waals surface area contributed by atoms with E-state index >= 15 is 0 Å². The van der Waals surface area contributed by atoms with Gasteiger partial charge in [-0.25, -0.2) is 4.79 Å². The number of aromatic nitrogens is 3. The van der Waals surface area contributed by atoms with E-state index in [9.17, 15) is 4.79 Å². The fourth-order valence-corrected chi connectivity index (χ4v) is 3.37. The molecule has 0 N–H and O–H groups in total. The van der Waals surface area contributed by atoms with Gasteiger partial charge < -0.3 is 14.0 Å². The number of esters is 1. The average Bonchev–Trinajstić information content (AvgIpc) is 3.35. The standard InChI is InChI=1S/C22H25N3O3/c1-4-27-21(26)10-9-19-15(2)23-24(3)22(19)25-12-11-17-7-8-18(13-20(17)25)28-14-16-5-6-16/h7-13,16H,4-6,14H2,1-3H3/b10-9+. The van der Waals surface area contributed by atoms with Crippen LogP contribution in [0.4, 0.5) is 0 Å². The molecule has 1 saturated carbocycles. The molecule has 28 heavy (non-hydrogen) atoms. The predicted octanol–water partition coefficient (Wildman–Crippen LogP) is 4.04. The second-order valence-electron chi connectivity index (χ2n) is 7.19. The van der Waals surface area contributed by atoms with Crippen molar-refractivity contribution in [3.8, 4) is 11.6 Å². The van der Waals surface area contributed by atoms with Crippen molar-refractivity contribution in [1.82, 2.24) is 14.3 Å². The number of benzene rings is 1. The number of carbonyl (C=O) groups is 1. The molecule has 1 aliphatic rings. The quantitative estimate of drug-likeness (QED) is 0.459. The van der Waals surface area contributed by atoms with Gasteiger partial charge in [-0.15, -0.1) is 0 Å². The summed E-state index contributed by atoms with van der Waals surface area (Å²) in [6.07, 6.45) is 7.78. The number of rotatable bonds is 7. The van der Waals surface area contributed by atoms with Crippen LogP contribution in [0.2, 0.25) is 0 Å². The highest BCUT2D eigenvalue weighted by atomic mass is 16.5. The Morgan fingerprint density at radius 1 is 1.32 bits per heavy atom. The zero-order valence-electron chi connectivity index (χ0n) is 16.5. The lowest BCUT2D eigenvalue weighted by Gasteiger charge is -2.10. The summed E-state index contributed by atoms with van der Waals surface area (Å²) in [7, 11) is 1.91. The fourth-order valence-electron chi connectivity index (χ4n) is 3.37. The summed E-state index contributed by atoms with van der Waals surface area (Å²) >= 11 is 0. The van der Waals surface area contributed by atoms with Crippen molar-refractivity contribution in [3.05, 3.63) is 47.8 Å². The highest BCUT2D eigenvalue weighted by Crippen LogP contribution is 2.31. The topological polar surface area (TPSA) is 58.3 Å². The second kappa shape index (κ2) is 7.54. The number of fused-ring (bicyclic) bond motifs is 1. The average molecular weight is 379 g/mol. The molecule has 0 unspecified atom stereocenters. The third-order valence-electron chi connectivity index (χ3n) is 4.99. The van der Waals surface area contributed by atoms with Gasteiger partial charge >= 0.3 is 5.97 Å². The minimum atomic E-state index is -0.357. The Morgan fingerprint density at radius 2 is 2.14 bits per heavy atom. The Bertz CT molecular complexity index is 1040. The van der Waals surface area contributed by atoms with Crippen LogP contribution in [-0.2, 0) is 16.6 Å². The van der Waals surface area contributed by atoms with Crippen LogP contribution in [0, 0.1) is 12.8 Å². The van der Waals surface area contributed by atoms with Crippen LogP contribution in [0.15, 0.2) is 36.5 Å². The van der Waals surface area contributed by atoms with E-state index in [1.165, 1.54) is 18.9 Å². The highest BCUT2D eigenvalue weighted by Gasteiger charge is 2.22. The minimum Gasteiger partial charge on any atom is -0.493 e. The van der Waals surface area contributed by atoms with Gasteiger partial charge in [-0.3, -0.25) is 4.68 Å². The Balaban J connectivity index is 1.72. The van der Waals surface area contributed by atoms with Gasteiger partial charge in [0.2, 0.25) is 0 Å². The van der Waals surface area contributed by atoms with Crippen LogP contribution in [0.1, 0.15) is 31.0 Å². The van der Waals surface area contributed by atoms with Gasteiger partial charge in [0, 0.05) is 36.3 Å². The van der Waals surface area contributed by atoms with E-state index in [0.717, 1.165) is 40.3 Å². The monoisotopic (exact) mass is 379 g/mol. The molecule has 6 heteroatoms. The van der Waals surface area contributed by atoms with E-state index in [2.05, 4.69) is 27.9 Å². The van der Waals surface area contributed by atoms with Crippen molar-refractivity contribution >= 4 is 22.9 Å². The number of hydrogen-bond donors (Lipinski definition) is 0. The van der Waals surface area contributed by atoms with E-state index in [1.54, 1.807) is 13.0 Å². The molecule has 0 bridgehead atoms. The summed E-state index contributed by atoms with van der Waals surface area (Å²) in [5, 5.41) is 5.67. The van der Waals surface area contributed by atoms with Crippen LogP contribution >= 0.6 is 0 Å². The van der Waals surface area contributed by atoms with Crippen molar-refractivity contribution in [3.63, 3.8) is 0 Å². The van der Waals surface area contributed by atoms with Crippen molar-refractivity contribution in [1.29, 1.82) is 0 Å². The third kappa shape index (κ3) is 3.67. The van der Waals surface area contributed by atoms with Gasteiger partial charge in [-0.2, -0.15) is 5.10 Å². The highest BCUT2D eigenvalue weighted by molar-refractivity contribution is 5.89. The second-order valence-corrected chi connectivity index (χ2v) is 7.19. The first kappa shape index (κ1) is 18.3. The summed E-state index contributed by atoms with van der Waals surface area (Å²) in [4.78, 5) is 11.8. The molecule has 1 fully saturated rings. The van der Waals surface area contributed by atoms with Crippen LogP contribution < -0.4 is 4.74 Å². The normalized spacial score (nSPS) is 14.1. The Kier molecular flexibility index (Phi) is 4.94. The van der Waals surface area contributed by atoms with Crippen molar-refractivity contribution in [2.75, 3.05) is 13.2 Å². The van der Waals surface area contributed by atoms with E-state index in [-0.39, 0.29) is 5.97 Å². The minimum absolute atomic E-state index is 0.355. The van der Waals surface area contributed by atoms with Gasteiger partial charge in [-0.1, -0.05) is 0 Å². The molecular formula is C22H25N3O3. The maximum Gasteiger partial charge on any atom is 0.330 e. The van der Waals surface area contributed by atoms with Gasteiger partial charge in [0.15, 0.2) is 0 Å². The number of ether oxygens (including phenoxy) is 2. The first-order valence-corrected chi connectivity index (χ1v) is 9.69. The largest absolute Gasteiger partial charge is 0.493 e. The first-order valence-electron chi connectivity index (χ1n) is 9.69. The number of carbonyl (C=O) groups excluding carboxylic acids is 1. The molecule has 1 aliphatic carbocycles. The molecule has 1 aromatic carbocycles. The molecule has 0 radical (unpaired) electrons. The predicted molar refractivity (Wildman–Crippen MR) is 109 cm³/mol. The zero-order chi connectivity index (χ0) is 19.7. The maximum absolute atomic E-state index is 11.8. The molecule has 4 rings (SSSR count). The summed E-state index contributed by atoms with van der Waals surface area (Å²) in [6.45, 7) is 4.87. The molecule has 2 aromatic heterocycles. The van der Waals surface area contributed by atoms with E-state index in [1.807, 2.05) is 30.9 Å². The molecular weight excluding hydrogens is 354 g/mol. The molecule has 0 atom stereocenters. The molecule has 0 aliphatic heterocycles. The van der Waals surface area contributed by atoms with Gasteiger partial charge in [0.05, 0.1) is 24.4 Å².